The number of likely N-dealkylation sites (tertiary alicyclic amines) is 1. The van der Waals surface area contributed by atoms with E-state index in [1.165, 1.54) is 12.6 Å². The van der Waals surface area contributed by atoms with E-state index in [1.54, 1.807) is 22.0 Å². The smallest absolute Gasteiger partial charge is 0.314 e. The van der Waals surface area contributed by atoms with E-state index in [0.29, 0.717) is 41.9 Å². The summed E-state index contributed by atoms with van der Waals surface area (Å²) >= 11 is 0. The van der Waals surface area contributed by atoms with Gasteiger partial charge in [-0.25, -0.2) is 14.6 Å². The van der Waals surface area contributed by atoms with Gasteiger partial charge in [0.25, 0.3) is 0 Å². The zero-order chi connectivity index (χ0) is 25.2. The summed E-state index contributed by atoms with van der Waals surface area (Å²) < 4.78 is 12.9. The maximum atomic E-state index is 13.2. The molecule has 2 amide bonds. The van der Waals surface area contributed by atoms with Crippen LogP contribution in [0.2, 0.25) is 25.7 Å². The van der Waals surface area contributed by atoms with Crippen molar-refractivity contribution in [3.05, 3.63) is 30.7 Å². The second kappa shape index (κ2) is 10.2. The fourth-order valence-corrected chi connectivity index (χ4v) is 4.97. The van der Waals surface area contributed by atoms with Gasteiger partial charge in [-0.05, 0) is 24.8 Å². The highest BCUT2D eigenvalue weighted by Gasteiger charge is 2.36. The third-order valence-corrected chi connectivity index (χ3v) is 7.92. The number of hydrogen-bond donors (Lipinski definition) is 2. The Morgan fingerprint density at radius 3 is 2.77 bits per heavy atom. The number of anilines is 2. The van der Waals surface area contributed by atoms with Crippen LogP contribution in [-0.4, -0.2) is 57.7 Å². The normalized spacial score (nSPS) is 18.7. The van der Waals surface area contributed by atoms with E-state index < -0.39 is 19.9 Å². The predicted molar refractivity (Wildman–Crippen MR) is 134 cm³/mol. The number of oxazole rings is 1. The molecule has 3 aromatic rings. The zero-order valence-corrected chi connectivity index (χ0v) is 21.7. The molecule has 1 saturated heterocycles. The first kappa shape index (κ1) is 24.9. The number of carbonyl (C=O) groups is 2. The fraction of sp³-hybridized carbons (Fsp3) is 0.522. The summed E-state index contributed by atoms with van der Waals surface area (Å²) in [7, 11) is -1.23. The first-order valence-electron chi connectivity index (χ1n) is 11.8. The Labute approximate surface area is 205 Å². The lowest BCUT2D eigenvalue weighted by Crippen LogP contribution is -2.46. The van der Waals surface area contributed by atoms with Crippen molar-refractivity contribution in [2.24, 2.45) is 5.92 Å². The van der Waals surface area contributed by atoms with Crippen molar-refractivity contribution in [3.63, 3.8) is 0 Å². The van der Waals surface area contributed by atoms with Gasteiger partial charge in [-0.3, -0.25) is 9.59 Å². The molecule has 0 aliphatic carbocycles. The number of nitrogens with zero attached hydrogens (tertiary/aromatic N) is 5. The molecule has 0 bridgehead atoms. The molecule has 35 heavy (non-hydrogen) atoms. The topological polar surface area (TPSA) is 141 Å². The van der Waals surface area contributed by atoms with Crippen molar-refractivity contribution in [1.82, 2.24) is 24.6 Å². The van der Waals surface area contributed by atoms with Gasteiger partial charge in [0.1, 0.15) is 18.3 Å². The van der Waals surface area contributed by atoms with Crippen molar-refractivity contribution >= 4 is 42.3 Å². The van der Waals surface area contributed by atoms with E-state index in [2.05, 4.69) is 46.9 Å². The van der Waals surface area contributed by atoms with Crippen molar-refractivity contribution in [3.8, 4) is 0 Å². The average Bonchev–Trinajstić information content (AvgIpc) is 3.48. The molecule has 12 heteroatoms. The van der Waals surface area contributed by atoms with Crippen LogP contribution in [0.5, 0.6) is 0 Å². The highest BCUT2D eigenvalue weighted by Crippen LogP contribution is 2.33. The standard InChI is InChI=1S/C23H33N7O4Si/c1-15-5-6-18(19-11-25-13-34-19)29(12-15)23(32)22(31)28-17-10-26-21(24)16-9-27-30(20(16)17)14-33-7-8-35(2,3)4/h9-11,13,15,18H,5-8,12,14H2,1-4H3,(H2,24,26)(H,28,31)/t15-,18+/m1/s1. The Hall–Kier alpha value is -3.25. The number of ether oxygens (including phenoxy) is 1. The van der Waals surface area contributed by atoms with E-state index in [9.17, 15) is 9.59 Å². The molecule has 3 aromatic heterocycles. The first-order valence-corrected chi connectivity index (χ1v) is 15.5. The Bertz CT molecular complexity index is 1190. The van der Waals surface area contributed by atoms with Crippen molar-refractivity contribution in [2.45, 2.75) is 58.2 Å². The number of aromatic nitrogens is 4. The molecule has 2 atom stereocenters. The number of pyridine rings is 1. The van der Waals surface area contributed by atoms with Gasteiger partial charge in [0.2, 0.25) is 0 Å². The predicted octanol–water partition coefficient (Wildman–Crippen LogP) is 3.25. The number of fused-ring (bicyclic) bond motifs is 1. The number of carbonyl (C=O) groups excluding carboxylic acids is 2. The number of rotatable bonds is 7. The van der Waals surface area contributed by atoms with Gasteiger partial charge < -0.3 is 25.1 Å². The van der Waals surface area contributed by atoms with Crippen molar-refractivity contribution in [2.75, 3.05) is 24.2 Å². The molecule has 0 saturated carbocycles. The van der Waals surface area contributed by atoms with Crippen LogP contribution in [0.1, 0.15) is 31.6 Å². The minimum absolute atomic E-state index is 0.200. The maximum absolute atomic E-state index is 13.2. The van der Waals surface area contributed by atoms with E-state index in [-0.39, 0.29) is 24.5 Å². The second-order valence-corrected chi connectivity index (χ2v) is 15.9. The zero-order valence-electron chi connectivity index (χ0n) is 20.7. The van der Waals surface area contributed by atoms with Crippen LogP contribution >= 0.6 is 0 Å². The van der Waals surface area contributed by atoms with E-state index in [4.69, 9.17) is 14.9 Å². The molecule has 11 nitrogen and oxygen atoms in total. The van der Waals surface area contributed by atoms with Crippen LogP contribution in [-0.2, 0) is 21.1 Å². The summed E-state index contributed by atoms with van der Waals surface area (Å²) in [5.41, 5.74) is 6.95. The Balaban J connectivity index is 1.53. The largest absolute Gasteiger partial charge is 0.446 e. The summed E-state index contributed by atoms with van der Waals surface area (Å²) in [5, 5.41) is 7.67. The van der Waals surface area contributed by atoms with Gasteiger partial charge >= 0.3 is 11.8 Å². The molecule has 0 aromatic carbocycles. The van der Waals surface area contributed by atoms with Crippen LogP contribution in [0, 0.1) is 5.92 Å². The SMILES string of the molecule is C[C@@H]1CC[C@@H](c2cnco2)N(C(=O)C(=O)Nc2cnc(N)c3cnn(COCC[Si](C)(C)C)c23)C1. The van der Waals surface area contributed by atoms with Crippen LogP contribution in [0.15, 0.2) is 29.4 Å². The number of hydrogen-bond acceptors (Lipinski definition) is 8. The number of nitrogens with two attached hydrogens (primary N) is 1. The molecule has 1 aliphatic rings. The molecular weight excluding hydrogens is 466 g/mol. The highest BCUT2D eigenvalue weighted by molar-refractivity contribution is 6.76. The third-order valence-electron chi connectivity index (χ3n) is 6.21. The highest BCUT2D eigenvalue weighted by atomic mass is 28.3. The van der Waals surface area contributed by atoms with Gasteiger partial charge in [-0.2, -0.15) is 5.10 Å². The summed E-state index contributed by atoms with van der Waals surface area (Å²) in [5.74, 6) is -0.272. The Morgan fingerprint density at radius 2 is 2.06 bits per heavy atom. The van der Waals surface area contributed by atoms with Gasteiger partial charge in [0.05, 0.1) is 41.2 Å². The van der Waals surface area contributed by atoms with E-state index >= 15 is 0 Å². The maximum Gasteiger partial charge on any atom is 0.314 e. The second-order valence-electron chi connectivity index (χ2n) is 10.3. The number of piperidine rings is 1. The molecular formula is C23H33N7O4Si. The van der Waals surface area contributed by atoms with E-state index in [1.807, 2.05) is 0 Å². The Kier molecular flexibility index (Phi) is 7.22. The molecule has 188 valence electrons. The molecule has 3 N–H and O–H groups in total. The lowest BCUT2D eigenvalue weighted by Gasteiger charge is -2.36. The lowest BCUT2D eigenvalue weighted by molar-refractivity contribution is -0.147. The third kappa shape index (κ3) is 5.70. The van der Waals surface area contributed by atoms with Gasteiger partial charge in [-0.1, -0.05) is 26.6 Å². The molecule has 0 unspecified atom stereocenters. The fourth-order valence-electron chi connectivity index (χ4n) is 4.21. The van der Waals surface area contributed by atoms with Crippen LogP contribution in [0.3, 0.4) is 0 Å². The molecule has 1 fully saturated rings. The van der Waals surface area contributed by atoms with Crippen LogP contribution in [0.4, 0.5) is 11.5 Å². The quantitative estimate of drug-likeness (QED) is 0.287. The molecule has 0 spiro atoms. The number of amides is 2. The summed E-state index contributed by atoms with van der Waals surface area (Å²) in [4.78, 5) is 36.0. The lowest BCUT2D eigenvalue weighted by atomic mass is 9.93. The molecule has 4 heterocycles. The first-order chi connectivity index (χ1) is 16.6. The monoisotopic (exact) mass is 499 g/mol. The van der Waals surface area contributed by atoms with Crippen LogP contribution in [0.25, 0.3) is 10.9 Å². The summed E-state index contributed by atoms with van der Waals surface area (Å²) in [6.07, 6.45) is 7.58. The van der Waals surface area contributed by atoms with Gasteiger partial charge in [0, 0.05) is 21.2 Å². The van der Waals surface area contributed by atoms with E-state index in [0.717, 1.165) is 12.5 Å². The van der Waals surface area contributed by atoms with Gasteiger partial charge in [-0.15, -0.1) is 0 Å². The minimum Gasteiger partial charge on any atom is -0.446 e. The number of nitrogen functional groups attached to an aromatic ring is 1. The average molecular weight is 500 g/mol. The number of nitrogens with one attached hydrogen (secondary N) is 1. The van der Waals surface area contributed by atoms with Crippen molar-refractivity contribution < 1.29 is 18.7 Å². The van der Waals surface area contributed by atoms with Gasteiger partial charge in [0.15, 0.2) is 6.39 Å². The van der Waals surface area contributed by atoms with Crippen LogP contribution < -0.4 is 11.1 Å². The Morgan fingerprint density at radius 1 is 1.26 bits per heavy atom. The molecule has 4 rings (SSSR count). The van der Waals surface area contributed by atoms with Crippen molar-refractivity contribution in [1.29, 1.82) is 0 Å². The minimum atomic E-state index is -1.23. The molecule has 0 radical (unpaired) electrons. The molecule has 1 aliphatic heterocycles. The summed E-state index contributed by atoms with van der Waals surface area (Å²) in [6, 6.07) is 0.691. The summed E-state index contributed by atoms with van der Waals surface area (Å²) in [6.45, 7) is 10.2.